The van der Waals surface area contributed by atoms with Crippen molar-refractivity contribution in [3.63, 3.8) is 0 Å². The Bertz CT molecular complexity index is 530. The molecular weight excluding hydrogens is 238 g/mol. The van der Waals surface area contributed by atoms with E-state index in [2.05, 4.69) is 20.5 Å². The van der Waals surface area contributed by atoms with E-state index in [-0.39, 0.29) is 0 Å². The van der Waals surface area contributed by atoms with Gasteiger partial charge in [0, 0.05) is 13.1 Å². The standard InChI is InChI=1S/C11H14ClN5/c1-3-17(4-2)16-15-11-10-8(12)6-5-7-9(10)13-14-11/h5-7H,3-4H2,1-2H3,(H,13,14). The normalized spacial score (nSPS) is 11.5. The quantitative estimate of drug-likeness (QED) is 0.667. The van der Waals surface area contributed by atoms with E-state index in [0.717, 1.165) is 24.0 Å². The van der Waals surface area contributed by atoms with Crippen LogP contribution >= 0.6 is 11.6 Å². The molecule has 0 aliphatic heterocycles. The van der Waals surface area contributed by atoms with Crippen LogP contribution in [-0.2, 0) is 0 Å². The molecule has 1 aromatic heterocycles. The molecule has 17 heavy (non-hydrogen) atoms. The van der Waals surface area contributed by atoms with Crippen molar-refractivity contribution in [2.24, 2.45) is 10.3 Å². The van der Waals surface area contributed by atoms with E-state index in [1.165, 1.54) is 0 Å². The summed E-state index contributed by atoms with van der Waals surface area (Å²) in [6.45, 7) is 5.68. The van der Waals surface area contributed by atoms with Crippen LogP contribution in [0.5, 0.6) is 0 Å². The van der Waals surface area contributed by atoms with Crippen molar-refractivity contribution in [3.8, 4) is 0 Å². The topological polar surface area (TPSA) is 56.6 Å². The van der Waals surface area contributed by atoms with Gasteiger partial charge in [0.05, 0.1) is 15.9 Å². The molecule has 6 heteroatoms. The van der Waals surface area contributed by atoms with Gasteiger partial charge in [-0.05, 0) is 26.0 Å². The lowest BCUT2D eigenvalue weighted by molar-refractivity contribution is 0.300. The molecule has 90 valence electrons. The summed E-state index contributed by atoms with van der Waals surface area (Å²) in [5, 5.41) is 18.5. The van der Waals surface area contributed by atoms with Crippen LogP contribution in [0.1, 0.15) is 13.8 Å². The van der Waals surface area contributed by atoms with Gasteiger partial charge >= 0.3 is 0 Å². The van der Waals surface area contributed by atoms with E-state index in [0.29, 0.717) is 10.8 Å². The second kappa shape index (κ2) is 5.14. The number of H-pyrrole nitrogens is 1. The van der Waals surface area contributed by atoms with Crippen molar-refractivity contribution < 1.29 is 0 Å². The Hall–Kier alpha value is -1.62. The Morgan fingerprint density at radius 2 is 2.12 bits per heavy atom. The zero-order valence-electron chi connectivity index (χ0n) is 9.81. The molecule has 0 aliphatic rings. The Balaban J connectivity index is 2.36. The van der Waals surface area contributed by atoms with Crippen molar-refractivity contribution in [2.75, 3.05) is 13.1 Å². The smallest absolute Gasteiger partial charge is 0.206 e. The van der Waals surface area contributed by atoms with Crippen LogP contribution in [0.25, 0.3) is 10.9 Å². The third-order valence-electron chi connectivity index (χ3n) is 2.52. The van der Waals surface area contributed by atoms with E-state index in [9.17, 15) is 0 Å². The zero-order valence-corrected chi connectivity index (χ0v) is 10.6. The highest BCUT2D eigenvalue weighted by Gasteiger charge is 2.08. The summed E-state index contributed by atoms with van der Waals surface area (Å²) in [5.74, 6) is 0.525. The highest BCUT2D eigenvalue weighted by atomic mass is 35.5. The molecule has 0 radical (unpaired) electrons. The molecule has 1 N–H and O–H groups in total. The Morgan fingerprint density at radius 3 is 2.82 bits per heavy atom. The van der Waals surface area contributed by atoms with Crippen LogP contribution in [0.2, 0.25) is 5.02 Å². The molecule has 1 heterocycles. The zero-order chi connectivity index (χ0) is 12.3. The van der Waals surface area contributed by atoms with E-state index in [1.807, 2.05) is 37.1 Å². The van der Waals surface area contributed by atoms with Gasteiger partial charge in [0.15, 0.2) is 0 Å². The molecule has 0 atom stereocenters. The minimum Gasteiger partial charge on any atom is -0.279 e. The van der Waals surface area contributed by atoms with Crippen molar-refractivity contribution in [2.45, 2.75) is 13.8 Å². The fourth-order valence-electron chi connectivity index (χ4n) is 1.54. The number of hydrogen-bond acceptors (Lipinski definition) is 3. The highest BCUT2D eigenvalue weighted by Crippen LogP contribution is 2.30. The Morgan fingerprint density at radius 1 is 1.35 bits per heavy atom. The van der Waals surface area contributed by atoms with E-state index in [1.54, 1.807) is 0 Å². The lowest BCUT2D eigenvalue weighted by atomic mass is 10.2. The molecule has 0 unspecified atom stereocenters. The van der Waals surface area contributed by atoms with Crippen LogP contribution in [-0.4, -0.2) is 28.3 Å². The summed E-state index contributed by atoms with van der Waals surface area (Å²) in [5.41, 5.74) is 0.867. The highest BCUT2D eigenvalue weighted by molar-refractivity contribution is 6.36. The van der Waals surface area contributed by atoms with Gasteiger partial charge in [0.2, 0.25) is 5.82 Å². The number of nitrogens with one attached hydrogen (secondary N) is 1. The minimum absolute atomic E-state index is 0.525. The van der Waals surface area contributed by atoms with E-state index in [4.69, 9.17) is 11.6 Å². The lowest BCUT2D eigenvalue weighted by Gasteiger charge is -2.10. The summed E-state index contributed by atoms with van der Waals surface area (Å²) in [7, 11) is 0. The average Bonchev–Trinajstić information content (AvgIpc) is 2.75. The van der Waals surface area contributed by atoms with Gasteiger partial charge in [0.25, 0.3) is 0 Å². The number of benzene rings is 1. The van der Waals surface area contributed by atoms with Crippen LogP contribution in [0.3, 0.4) is 0 Å². The maximum Gasteiger partial charge on any atom is 0.206 e. The SMILES string of the molecule is CCN(CC)N=Nc1n[nH]c2cccc(Cl)c12. The first-order chi connectivity index (χ1) is 8.26. The maximum atomic E-state index is 6.11. The number of hydrogen-bond donors (Lipinski definition) is 1. The lowest BCUT2D eigenvalue weighted by Crippen LogP contribution is -2.14. The average molecular weight is 252 g/mol. The molecule has 0 amide bonds. The summed E-state index contributed by atoms with van der Waals surface area (Å²) >= 11 is 6.11. The van der Waals surface area contributed by atoms with Crippen molar-refractivity contribution >= 4 is 28.3 Å². The Labute approximate surface area is 104 Å². The maximum absolute atomic E-state index is 6.11. The van der Waals surface area contributed by atoms with E-state index < -0.39 is 0 Å². The van der Waals surface area contributed by atoms with Crippen molar-refractivity contribution in [3.05, 3.63) is 23.2 Å². The van der Waals surface area contributed by atoms with E-state index >= 15 is 0 Å². The molecule has 0 aliphatic carbocycles. The summed E-state index contributed by atoms with van der Waals surface area (Å²) in [4.78, 5) is 0. The largest absolute Gasteiger partial charge is 0.279 e. The van der Waals surface area contributed by atoms with Gasteiger partial charge < -0.3 is 0 Å². The fraction of sp³-hybridized carbons (Fsp3) is 0.364. The minimum atomic E-state index is 0.525. The van der Waals surface area contributed by atoms with Gasteiger partial charge in [-0.2, -0.15) is 5.10 Å². The third kappa shape index (κ3) is 2.39. The van der Waals surface area contributed by atoms with Crippen LogP contribution in [0.15, 0.2) is 28.5 Å². The van der Waals surface area contributed by atoms with Crippen LogP contribution in [0.4, 0.5) is 5.82 Å². The van der Waals surface area contributed by atoms with Crippen LogP contribution < -0.4 is 0 Å². The predicted molar refractivity (Wildman–Crippen MR) is 68.5 cm³/mol. The summed E-state index contributed by atoms with van der Waals surface area (Å²) in [6.07, 6.45) is 0. The number of aromatic nitrogens is 2. The van der Waals surface area contributed by atoms with Gasteiger partial charge in [-0.1, -0.05) is 22.9 Å². The fourth-order valence-corrected chi connectivity index (χ4v) is 1.80. The van der Waals surface area contributed by atoms with Crippen molar-refractivity contribution in [1.82, 2.24) is 15.2 Å². The van der Waals surface area contributed by atoms with Gasteiger partial charge in [0.1, 0.15) is 0 Å². The predicted octanol–water partition coefficient (Wildman–Crippen LogP) is 3.56. The second-order valence-electron chi connectivity index (χ2n) is 3.54. The third-order valence-corrected chi connectivity index (χ3v) is 2.83. The van der Waals surface area contributed by atoms with Crippen LogP contribution in [0, 0.1) is 0 Å². The van der Waals surface area contributed by atoms with Crippen molar-refractivity contribution in [1.29, 1.82) is 0 Å². The molecule has 0 fully saturated rings. The van der Waals surface area contributed by atoms with Gasteiger partial charge in [-0.25, -0.2) is 0 Å². The molecule has 0 bridgehead atoms. The monoisotopic (exact) mass is 251 g/mol. The molecule has 5 nitrogen and oxygen atoms in total. The summed E-state index contributed by atoms with van der Waals surface area (Å²) in [6, 6.07) is 5.59. The number of aromatic amines is 1. The number of fused-ring (bicyclic) bond motifs is 1. The summed E-state index contributed by atoms with van der Waals surface area (Å²) < 4.78 is 0. The first-order valence-corrected chi connectivity index (χ1v) is 5.93. The van der Waals surface area contributed by atoms with Gasteiger partial charge in [-0.3, -0.25) is 10.1 Å². The molecule has 2 rings (SSSR count). The Kier molecular flexibility index (Phi) is 3.58. The number of nitrogens with zero attached hydrogens (tertiary/aromatic N) is 4. The molecule has 0 saturated carbocycles. The number of rotatable bonds is 4. The molecule has 0 saturated heterocycles. The van der Waals surface area contributed by atoms with Gasteiger partial charge in [-0.15, -0.1) is 5.11 Å². The molecule has 1 aromatic carbocycles. The molecular formula is C11H14ClN5. The molecule has 0 spiro atoms. The first kappa shape index (κ1) is 11.9. The number of halogens is 1. The molecule has 2 aromatic rings. The second-order valence-corrected chi connectivity index (χ2v) is 3.95. The first-order valence-electron chi connectivity index (χ1n) is 5.55.